The third-order valence-electron chi connectivity index (χ3n) is 5.10. The highest BCUT2D eigenvalue weighted by Crippen LogP contribution is 2.31. The van der Waals surface area contributed by atoms with Crippen LogP contribution in [0.15, 0.2) is 77.2 Å². The number of barbiturate groups is 1. The van der Waals surface area contributed by atoms with Gasteiger partial charge in [0.2, 0.25) is 0 Å². The van der Waals surface area contributed by atoms with Crippen LogP contribution < -0.4 is 14.4 Å². The summed E-state index contributed by atoms with van der Waals surface area (Å²) in [5, 5.41) is 2.80. The number of benzene rings is 3. The number of hydrogen-bond acceptors (Lipinski definition) is 6. The maximum atomic E-state index is 13.2. The fraction of sp³-hybridized carbons (Fsp3) is 0.0417. The fourth-order valence-corrected chi connectivity index (χ4v) is 4.56. The van der Waals surface area contributed by atoms with Gasteiger partial charge in [-0.1, -0.05) is 47.5 Å². The summed E-state index contributed by atoms with van der Waals surface area (Å²) in [5.41, 5.74) is 0.391. The average molecular weight is 531 g/mol. The number of halogens is 2. The summed E-state index contributed by atoms with van der Waals surface area (Å²) in [6.45, 7) is 1.63. The van der Waals surface area contributed by atoms with Gasteiger partial charge in [-0.25, -0.2) is 9.69 Å². The van der Waals surface area contributed by atoms with Gasteiger partial charge in [0.1, 0.15) is 16.2 Å². The van der Waals surface area contributed by atoms with Crippen LogP contribution in [0.3, 0.4) is 0 Å². The van der Waals surface area contributed by atoms with Crippen molar-refractivity contribution >= 4 is 62.9 Å². The van der Waals surface area contributed by atoms with Crippen molar-refractivity contribution in [2.24, 2.45) is 0 Å². The van der Waals surface area contributed by atoms with Gasteiger partial charge in [0.05, 0.1) is 5.69 Å². The molecule has 0 radical (unpaired) electrons. The molecule has 1 aliphatic heterocycles. The lowest BCUT2D eigenvalue weighted by Gasteiger charge is -2.27. The van der Waals surface area contributed by atoms with Gasteiger partial charge in [-0.05, 0) is 61.0 Å². The van der Waals surface area contributed by atoms with Crippen LogP contribution in [-0.4, -0.2) is 26.3 Å². The van der Waals surface area contributed by atoms with Crippen molar-refractivity contribution in [1.82, 2.24) is 5.32 Å². The van der Waals surface area contributed by atoms with E-state index in [4.69, 9.17) is 27.4 Å². The molecule has 3 aromatic carbocycles. The zero-order valence-corrected chi connectivity index (χ0v) is 20.3. The van der Waals surface area contributed by atoms with Crippen LogP contribution in [-0.2, 0) is 19.7 Å². The second-order valence-corrected chi connectivity index (χ2v) is 9.76. The molecule has 0 unspecified atom stereocenters. The molecular weight excluding hydrogens is 515 g/mol. The molecule has 1 fully saturated rings. The molecule has 178 valence electrons. The number of anilines is 1. The zero-order valence-electron chi connectivity index (χ0n) is 18.0. The largest absolute Gasteiger partial charge is 0.378 e. The topological polar surface area (TPSA) is 110 Å². The van der Waals surface area contributed by atoms with Gasteiger partial charge in [-0.3, -0.25) is 14.9 Å². The van der Waals surface area contributed by atoms with E-state index in [0.29, 0.717) is 15.6 Å². The van der Waals surface area contributed by atoms with Crippen molar-refractivity contribution in [2.75, 3.05) is 4.90 Å². The van der Waals surface area contributed by atoms with E-state index in [2.05, 4.69) is 5.32 Å². The number of carbonyl (C=O) groups is 3. The monoisotopic (exact) mass is 530 g/mol. The smallest absolute Gasteiger partial charge is 0.339 e. The van der Waals surface area contributed by atoms with Crippen molar-refractivity contribution in [3.8, 4) is 5.75 Å². The fourth-order valence-electron chi connectivity index (χ4n) is 3.31. The summed E-state index contributed by atoms with van der Waals surface area (Å²) in [5.74, 6) is -1.97. The Morgan fingerprint density at radius 1 is 0.914 bits per heavy atom. The van der Waals surface area contributed by atoms with E-state index in [9.17, 15) is 22.8 Å². The van der Waals surface area contributed by atoms with E-state index in [1.165, 1.54) is 48.5 Å². The van der Waals surface area contributed by atoms with Crippen LogP contribution in [0.5, 0.6) is 5.75 Å². The minimum absolute atomic E-state index is 0.126. The minimum atomic E-state index is -4.25. The first-order chi connectivity index (χ1) is 16.6. The number of carbonyl (C=O) groups excluding carboxylic acids is 3. The minimum Gasteiger partial charge on any atom is -0.378 e. The molecular formula is C24H16Cl2N2O6S. The van der Waals surface area contributed by atoms with Gasteiger partial charge in [0.15, 0.2) is 0 Å². The van der Waals surface area contributed by atoms with E-state index in [-0.39, 0.29) is 21.9 Å². The molecule has 0 spiro atoms. The van der Waals surface area contributed by atoms with Crippen LogP contribution in [0, 0.1) is 6.92 Å². The van der Waals surface area contributed by atoms with E-state index in [1.807, 2.05) is 0 Å². The van der Waals surface area contributed by atoms with Crippen molar-refractivity contribution in [3.63, 3.8) is 0 Å². The van der Waals surface area contributed by atoms with Gasteiger partial charge in [-0.2, -0.15) is 8.42 Å². The average Bonchev–Trinajstić information content (AvgIpc) is 2.80. The molecule has 11 heteroatoms. The Bertz CT molecular complexity index is 1500. The van der Waals surface area contributed by atoms with Crippen LogP contribution in [0.1, 0.15) is 11.1 Å². The maximum absolute atomic E-state index is 13.2. The molecule has 1 aliphatic rings. The predicted octanol–water partition coefficient (Wildman–Crippen LogP) is 4.74. The quantitative estimate of drug-likeness (QED) is 0.290. The molecule has 0 aliphatic carbocycles. The molecule has 1 N–H and O–H groups in total. The first kappa shape index (κ1) is 24.5. The first-order valence-electron chi connectivity index (χ1n) is 10.0. The van der Waals surface area contributed by atoms with Crippen molar-refractivity contribution in [3.05, 3.63) is 93.5 Å². The highest BCUT2D eigenvalue weighted by atomic mass is 35.5. The van der Waals surface area contributed by atoms with Crippen molar-refractivity contribution in [2.45, 2.75) is 11.8 Å². The maximum Gasteiger partial charge on any atom is 0.339 e. The Balaban J connectivity index is 1.73. The standard InChI is InChI=1S/C24H16Cl2N2O6S/c1-14-19(26)6-4-7-20(14)28-23(30)18(22(29)27-24(28)31)13-15-5-2-3-8-21(15)34-35(32,33)17-11-9-16(25)10-12-17/h2-13H,1H3,(H,27,29,31)/b18-13+. The second-order valence-electron chi connectivity index (χ2n) is 7.37. The summed E-state index contributed by atoms with van der Waals surface area (Å²) in [6.07, 6.45) is 1.16. The molecule has 8 nitrogen and oxygen atoms in total. The van der Waals surface area contributed by atoms with Crippen molar-refractivity contribution < 1.29 is 27.0 Å². The molecule has 4 rings (SSSR count). The molecule has 3 aromatic rings. The van der Waals surface area contributed by atoms with Gasteiger partial charge in [-0.15, -0.1) is 0 Å². The third-order valence-corrected chi connectivity index (χ3v) is 7.01. The summed E-state index contributed by atoms with van der Waals surface area (Å²) in [7, 11) is -4.25. The molecule has 0 saturated carbocycles. The number of para-hydroxylation sites is 1. The molecule has 0 bridgehead atoms. The van der Waals surface area contributed by atoms with Crippen molar-refractivity contribution in [1.29, 1.82) is 0 Å². The normalized spacial score (nSPS) is 15.3. The van der Waals surface area contributed by atoms with E-state index >= 15 is 0 Å². The lowest BCUT2D eigenvalue weighted by Crippen LogP contribution is -2.54. The Labute approximate surface area is 210 Å². The Morgan fingerprint density at radius 3 is 2.31 bits per heavy atom. The van der Waals surface area contributed by atoms with Crippen LogP contribution in [0.4, 0.5) is 10.5 Å². The zero-order chi connectivity index (χ0) is 25.3. The van der Waals surface area contributed by atoms with Crippen LogP contribution in [0.2, 0.25) is 10.0 Å². The third kappa shape index (κ3) is 4.93. The van der Waals surface area contributed by atoms with E-state index in [0.717, 1.165) is 11.0 Å². The number of urea groups is 1. The summed E-state index contributed by atoms with van der Waals surface area (Å²) in [6, 6.07) is 15.1. The number of nitrogens with one attached hydrogen (secondary N) is 1. The SMILES string of the molecule is Cc1c(Cl)cccc1N1C(=O)NC(=O)/C(=C\c2ccccc2OS(=O)(=O)c2ccc(Cl)cc2)C1=O. The number of rotatable bonds is 5. The summed E-state index contributed by atoms with van der Waals surface area (Å²) in [4.78, 5) is 38.9. The number of hydrogen-bond donors (Lipinski definition) is 1. The molecule has 0 atom stereocenters. The van der Waals surface area contributed by atoms with E-state index in [1.54, 1.807) is 25.1 Å². The highest BCUT2D eigenvalue weighted by Gasteiger charge is 2.38. The molecule has 1 heterocycles. The van der Waals surface area contributed by atoms with Gasteiger partial charge in [0.25, 0.3) is 11.8 Å². The molecule has 1 saturated heterocycles. The number of imide groups is 2. The van der Waals surface area contributed by atoms with Crippen LogP contribution in [0.25, 0.3) is 6.08 Å². The lowest BCUT2D eigenvalue weighted by molar-refractivity contribution is -0.122. The Hall–Kier alpha value is -3.66. The molecule has 4 amide bonds. The summed E-state index contributed by atoms with van der Waals surface area (Å²) < 4.78 is 30.8. The van der Waals surface area contributed by atoms with Crippen LogP contribution >= 0.6 is 23.2 Å². The Kier molecular flexibility index (Phi) is 6.66. The van der Waals surface area contributed by atoms with Gasteiger partial charge < -0.3 is 4.18 Å². The lowest BCUT2D eigenvalue weighted by atomic mass is 10.1. The van der Waals surface area contributed by atoms with Gasteiger partial charge >= 0.3 is 16.1 Å². The predicted molar refractivity (Wildman–Crippen MR) is 131 cm³/mol. The first-order valence-corrected chi connectivity index (χ1v) is 12.2. The number of nitrogens with zero attached hydrogens (tertiary/aromatic N) is 1. The molecule has 35 heavy (non-hydrogen) atoms. The Morgan fingerprint density at radius 2 is 1.60 bits per heavy atom. The summed E-state index contributed by atoms with van der Waals surface area (Å²) >= 11 is 12.0. The second kappa shape index (κ2) is 9.53. The molecule has 0 aromatic heterocycles. The number of amides is 4. The highest BCUT2D eigenvalue weighted by molar-refractivity contribution is 7.87. The van der Waals surface area contributed by atoms with Gasteiger partial charge in [0, 0.05) is 15.6 Å². The van der Waals surface area contributed by atoms with E-state index < -0.39 is 33.5 Å².